The van der Waals surface area contributed by atoms with Crippen LogP contribution in [0.1, 0.15) is 31.9 Å². The Morgan fingerprint density at radius 2 is 1.94 bits per heavy atom. The van der Waals surface area contributed by atoms with Gasteiger partial charge in [0, 0.05) is 0 Å². The van der Waals surface area contributed by atoms with E-state index >= 15 is 0 Å². The number of rotatable bonds is 4. The van der Waals surface area contributed by atoms with Crippen LogP contribution in [0.2, 0.25) is 13.1 Å². The zero-order valence-corrected chi connectivity index (χ0v) is 12.8. The minimum Gasteiger partial charge on any atom is -0.417 e. The van der Waals surface area contributed by atoms with Crippen LogP contribution in [0.3, 0.4) is 0 Å². The highest BCUT2D eigenvalue weighted by Crippen LogP contribution is 2.23. The third-order valence-electron chi connectivity index (χ3n) is 2.59. The van der Waals surface area contributed by atoms with Crippen LogP contribution in [-0.4, -0.2) is 15.6 Å². The van der Waals surface area contributed by atoms with Gasteiger partial charge in [-0.25, -0.2) is 0 Å². The van der Waals surface area contributed by atoms with Crippen LogP contribution in [0.4, 0.5) is 0 Å². The molecule has 0 unspecified atom stereocenters. The van der Waals surface area contributed by atoms with Gasteiger partial charge in [-0.2, -0.15) is 0 Å². The monoisotopic (exact) mass is 248 g/mol. The Kier molecular flexibility index (Phi) is 5.16. The predicted octanol–water partition coefficient (Wildman–Crippen LogP) is 4.00. The van der Waals surface area contributed by atoms with Crippen molar-refractivity contribution >= 4 is 15.1 Å². The van der Waals surface area contributed by atoms with Crippen LogP contribution < -0.4 is 0 Å². The summed E-state index contributed by atoms with van der Waals surface area (Å²) in [5.41, 5.74) is 2.84. The maximum Gasteiger partial charge on any atom is 0.171 e. The van der Waals surface area contributed by atoms with Crippen LogP contribution >= 0.6 is 0 Å². The second-order valence-electron chi connectivity index (χ2n) is 5.66. The topological polar surface area (TPSA) is 9.23 Å². The molecular weight excluding hydrogens is 224 g/mol. The summed E-state index contributed by atoms with van der Waals surface area (Å²) in [5, 5.41) is 0. The van der Waals surface area contributed by atoms with Gasteiger partial charge in [-0.15, -0.1) is 0 Å². The van der Waals surface area contributed by atoms with E-state index in [4.69, 9.17) is 4.43 Å². The summed E-state index contributed by atoms with van der Waals surface area (Å²) in [7, 11) is -0.885. The Morgan fingerprint density at radius 3 is 2.53 bits per heavy atom. The molecule has 94 valence electrons. The van der Waals surface area contributed by atoms with Gasteiger partial charge in [-0.1, -0.05) is 57.2 Å². The lowest BCUT2D eigenvalue weighted by atomic mass is 9.86. The Labute approximate surface area is 107 Å². The van der Waals surface area contributed by atoms with Gasteiger partial charge < -0.3 is 4.43 Å². The minimum absolute atomic E-state index is 0.213. The first-order chi connectivity index (χ1) is 7.89. The number of hydrogen-bond acceptors (Lipinski definition) is 1. The summed E-state index contributed by atoms with van der Waals surface area (Å²) in [5.74, 6) is 0. The van der Waals surface area contributed by atoms with Crippen molar-refractivity contribution in [3.05, 3.63) is 41.5 Å². The molecular formula is C15H24OSi. The molecule has 1 aromatic rings. The fourth-order valence-electron chi connectivity index (χ4n) is 1.54. The Hall–Kier alpha value is -0.863. The van der Waals surface area contributed by atoms with E-state index in [1.807, 2.05) is 0 Å². The Balaban J connectivity index is 2.66. The quantitative estimate of drug-likeness (QED) is 0.732. The van der Waals surface area contributed by atoms with Crippen molar-refractivity contribution in [1.82, 2.24) is 0 Å². The highest BCUT2D eigenvalue weighted by atomic mass is 28.3. The van der Waals surface area contributed by atoms with Gasteiger partial charge in [0.25, 0.3) is 0 Å². The van der Waals surface area contributed by atoms with Crippen molar-refractivity contribution < 1.29 is 4.43 Å². The van der Waals surface area contributed by atoms with Gasteiger partial charge in [0.2, 0.25) is 0 Å². The highest BCUT2D eigenvalue weighted by molar-refractivity contribution is 6.48. The lowest BCUT2D eigenvalue weighted by Crippen LogP contribution is -2.10. The summed E-state index contributed by atoms with van der Waals surface area (Å²) in [6, 6.07) is 8.70. The summed E-state index contributed by atoms with van der Waals surface area (Å²) < 4.78 is 5.61. The molecule has 0 radical (unpaired) electrons. The third-order valence-corrected chi connectivity index (χ3v) is 3.45. The highest BCUT2D eigenvalue weighted by Gasteiger charge is 2.12. The Morgan fingerprint density at radius 1 is 1.24 bits per heavy atom. The molecule has 0 atom stereocenters. The van der Waals surface area contributed by atoms with Gasteiger partial charge in [-0.05, 0) is 29.6 Å². The van der Waals surface area contributed by atoms with Crippen molar-refractivity contribution in [3.63, 3.8) is 0 Å². The normalized spacial score (nSPS) is 12.6. The molecule has 0 heterocycles. The van der Waals surface area contributed by atoms with Crippen molar-refractivity contribution in [3.8, 4) is 0 Å². The zero-order chi connectivity index (χ0) is 12.9. The van der Waals surface area contributed by atoms with E-state index in [0.717, 1.165) is 6.61 Å². The largest absolute Gasteiger partial charge is 0.417 e. The maximum atomic E-state index is 5.61. The molecule has 2 heteroatoms. The Bertz CT molecular complexity index is 375. The predicted molar refractivity (Wildman–Crippen MR) is 79.0 cm³/mol. The summed E-state index contributed by atoms with van der Waals surface area (Å²) in [6.45, 7) is 11.8. The first-order valence-corrected chi connectivity index (χ1v) is 9.06. The zero-order valence-electron chi connectivity index (χ0n) is 11.7. The summed E-state index contributed by atoms with van der Waals surface area (Å²) in [6.07, 6.45) is 4.25. The van der Waals surface area contributed by atoms with E-state index in [1.54, 1.807) is 0 Å². The molecule has 1 rings (SSSR count). The minimum atomic E-state index is -0.885. The van der Waals surface area contributed by atoms with Gasteiger partial charge >= 0.3 is 0 Å². The molecule has 0 N–H and O–H groups in total. The second kappa shape index (κ2) is 6.17. The van der Waals surface area contributed by atoms with Crippen LogP contribution in [0.5, 0.6) is 0 Å². The van der Waals surface area contributed by atoms with E-state index in [2.05, 4.69) is 70.3 Å². The SMILES string of the molecule is C[SiH](C)OCC=Cc1cccc(C(C)(C)C)c1. The van der Waals surface area contributed by atoms with Crippen LogP contribution in [-0.2, 0) is 9.84 Å². The van der Waals surface area contributed by atoms with E-state index < -0.39 is 9.04 Å². The smallest absolute Gasteiger partial charge is 0.171 e. The molecule has 0 aromatic heterocycles. The molecule has 0 spiro atoms. The number of hydrogen-bond donors (Lipinski definition) is 0. The average Bonchev–Trinajstić information content (AvgIpc) is 2.23. The fraction of sp³-hybridized carbons (Fsp3) is 0.467. The molecule has 1 aromatic carbocycles. The van der Waals surface area contributed by atoms with Crippen LogP contribution in [0.25, 0.3) is 6.08 Å². The molecule has 0 aliphatic rings. The fourth-order valence-corrected chi connectivity index (χ4v) is 2.04. The first-order valence-electron chi connectivity index (χ1n) is 6.28. The van der Waals surface area contributed by atoms with Gasteiger partial charge in [0.15, 0.2) is 9.04 Å². The van der Waals surface area contributed by atoms with E-state index in [1.165, 1.54) is 11.1 Å². The molecule has 17 heavy (non-hydrogen) atoms. The van der Waals surface area contributed by atoms with Crippen molar-refractivity contribution in [2.45, 2.75) is 39.3 Å². The average molecular weight is 248 g/mol. The standard InChI is InChI=1S/C15H24OSi/c1-15(2,3)14-10-6-8-13(12-14)9-7-11-16-17(4)5/h6-10,12,17H,11H2,1-5H3. The molecule has 1 nitrogen and oxygen atoms in total. The van der Waals surface area contributed by atoms with Crippen molar-refractivity contribution in [1.29, 1.82) is 0 Å². The molecule has 0 aliphatic heterocycles. The molecule has 0 amide bonds. The molecule has 0 saturated carbocycles. The molecule has 0 fully saturated rings. The van der Waals surface area contributed by atoms with E-state index in [0.29, 0.717) is 0 Å². The van der Waals surface area contributed by atoms with Crippen molar-refractivity contribution in [2.75, 3.05) is 6.61 Å². The van der Waals surface area contributed by atoms with Gasteiger partial charge in [0.05, 0.1) is 6.61 Å². The maximum absolute atomic E-state index is 5.61. The van der Waals surface area contributed by atoms with E-state index in [-0.39, 0.29) is 5.41 Å². The second-order valence-corrected chi connectivity index (χ2v) is 8.09. The molecule has 0 saturated heterocycles. The van der Waals surface area contributed by atoms with Gasteiger partial charge in [0.1, 0.15) is 0 Å². The van der Waals surface area contributed by atoms with Crippen LogP contribution in [0.15, 0.2) is 30.3 Å². The lowest BCUT2D eigenvalue weighted by molar-refractivity contribution is 0.375. The number of benzene rings is 1. The van der Waals surface area contributed by atoms with E-state index in [9.17, 15) is 0 Å². The summed E-state index contributed by atoms with van der Waals surface area (Å²) in [4.78, 5) is 0. The lowest BCUT2D eigenvalue weighted by Gasteiger charge is -2.19. The molecule has 0 aliphatic carbocycles. The molecule has 0 bridgehead atoms. The summed E-state index contributed by atoms with van der Waals surface area (Å²) >= 11 is 0. The van der Waals surface area contributed by atoms with Gasteiger partial charge in [-0.3, -0.25) is 0 Å². The first kappa shape index (κ1) is 14.2. The van der Waals surface area contributed by atoms with Crippen LogP contribution in [0, 0.1) is 0 Å². The van der Waals surface area contributed by atoms with Crippen molar-refractivity contribution in [2.24, 2.45) is 0 Å². The third kappa shape index (κ3) is 5.33.